The first kappa shape index (κ1) is 23.0. The maximum atomic E-state index is 11.0. The zero-order valence-corrected chi connectivity index (χ0v) is 13.3. The molecular formula is C16H37N3O3. The standard InChI is InChI=1S/C8H16N2O2.C6H13NO.2CH4/c1-8(2,3)10-6-7(12)9-4-5-11;1-6(2,3)7-4-5-8;;/h5,10H,4,6H2,1-3H3,(H,9,12);5,7H,4H2,1-3H3;2*1H4/i2*5D;;. The summed E-state index contributed by atoms with van der Waals surface area (Å²) < 4.78 is 13.1. The summed E-state index contributed by atoms with van der Waals surface area (Å²) in [6.45, 7) is 11.8. The van der Waals surface area contributed by atoms with Crippen LogP contribution in [0, 0.1) is 0 Å². The number of rotatable bonds is 6. The van der Waals surface area contributed by atoms with E-state index in [0.29, 0.717) is 0 Å². The van der Waals surface area contributed by atoms with Crippen LogP contribution in [0.4, 0.5) is 0 Å². The Kier molecular flexibility index (Phi) is 15.3. The van der Waals surface area contributed by atoms with Gasteiger partial charge < -0.3 is 25.5 Å². The summed E-state index contributed by atoms with van der Waals surface area (Å²) in [5.41, 5.74) is -0.182. The SMILES string of the molecule is C.C.[2H]C(=O)CNC(=O)CNC(C)(C)C.[2H]C(=O)CNC(C)(C)C. The van der Waals surface area contributed by atoms with Crippen LogP contribution in [0.25, 0.3) is 0 Å². The highest BCUT2D eigenvalue weighted by Gasteiger charge is 2.10. The number of amides is 1. The van der Waals surface area contributed by atoms with Crippen molar-refractivity contribution in [1.82, 2.24) is 16.0 Å². The molecule has 0 saturated carbocycles. The molecule has 0 aromatic rings. The molecule has 0 aromatic heterocycles. The Morgan fingerprint density at radius 3 is 1.59 bits per heavy atom. The number of nitrogens with one attached hydrogen (secondary N) is 3. The van der Waals surface area contributed by atoms with Crippen molar-refractivity contribution < 1.29 is 17.1 Å². The van der Waals surface area contributed by atoms with Crippen LogP contribution in [0.5, 0.6) is 0 Å². The molecule has 0 unspecified atom stereocenters. The highest BCUT2D eigenvalue weighted by molar-refractivity contribution is 5.80. The normalized spacial score (nSPS) is 11.4. The first-order chi connectivity index (χ1) is 9.73. The van der Waals surface area contributed by atoms with Crippen LogP contribution in [0.2, 0.25) is 0 Å². The number of carbonyl (C=O) groups excluding carboxylic acids is 3. The molecule has 22 heavy (non-hydrogen) atoms. The molecule has 0 heterocycles. The highest BCUT2D eigenvalue weighted by atomic mass is 16.2. The van der Waals surface area contributed by atoms with Crippen molar-refractivity contribution in [3.63, 3.8) is 0 Å². The van der Waals surface area contributed by atoms with E-state index < -0.39 is 12.5 Å². The van der Waals surface area contributed by atoms with Crippen molar-refractivity contribution in [3.8, 4) is 0 Å². The lowest BCUT2D eigenvalue weighted by molar-refractivity contribution is -0.122. The van der Waals surface area contributed by atoms with Gasteiger partial charge in [-0.3, -0.25) is 4.79 Å². The molecular weight excluding hydrogens is 282 g/mol. The van der Waals surface area contributed by atoms with Crippen molar-refractivity contribution in [2.75, 3.05) is 19.6 Å². The average Bonchev–Trinajstić information content (AvgIpc) is 2.30. The number of aldehydes is 2. The molecule has 0 aromatic carbocycles. The van der Waals surface area contributed by atoms with Crippen LogP contribution in [-0.4, -0.2) is 49.1 Å². The number of carbonyl (C=O) groups is 3. The quantitative estimate of drug-likeness (QED) is 0.646. The van der Waals surface area contributed by atoms with Crippen molar-refractivity contribution in [2.24, 2.45) is 0 Å². The Morgan fingerprint density at radius 1 is 0.909 bits per heavy atom. The summed E-state index contributed by atoms with van der Waals surface area (Å²) >= 11 is 0. The lowest BCUT2D eigenvalue weighted by Gasteiger charge is -2.19. The van der Waals surface area contributed by atoms with Crippen LogP contribution >= 0.6 is 0 Å². The lowest BCUT2D eigenvalue weighted by Crippen LogP contribution is -2.43. The summed E-state index contributed by atoms with van der Waals surface area (Å²) in [7, 11) is 0. The van der Waals surface area contributed by atoms with E-state index in [1.807, 2.05) is 41.5 Å². The largest absolute Gasteiger partial charge is 0.348 e. The van der Waals surface area contributed by atoms with E-state index in [9.17, 15) is 14.4 Å². The minimum absolute atomic E-state index is 0. The average molecular weight is 322 g/mol. The molecule has 0 spiro atoms. The Balaban J connectivity index is -0.000000162. The predicted octanol–water partition coefficient (Wildman–Crippen LogP) is 1.54. The van der Waals surface area contributed by atoms with E-state index in [1.54, 1.807) is 0 Å². The second-order valence-electron chi connectivity index (χ2n) is 6.27. The maximum Gasteiger partial charge on any atom is 0.234 e. The van der Waals surface area contributed by atoms with Gasteiger partial charge in [0.15, 0.2) is 0 Å². The summed E-state index contributed by atoms with van der Waals surface area (Å²) in [6.07, 6.45) is -1.35. The highest BCUT2D eigenvalue weighted by Crippen LogP contribution is 1.96. The summed E-state index contributed by atoms with van der Waals surface area (Å²) in [5, 5.41) is 8.16. The van der Waals surface area contributed by atoms with E-state index in [2.05, 4.69) is 16.0 Å². The third kappa shape index (κ3) is 31.2. The van der Waals surface area contributed by atoms with Crippen molar-refractivity contribution >= 4 is 18.4 Å². The minimum atomic E-state index is -0.788. The van der Waals surface area contributed by atoms with E-state index >= 15 is 0 Å². The molecule has 0 rings (SSSR count). The van der Waals surface area contributed by atoms with Crippen molar-refractivity contribution in [2.45, 2.75) is 67.5 Å². The van der Waals surface area contributed by atoms with E-state index in [4.69, 9.17) is 2.74 Å². The van der Waals surface area contributed by atoms with Gasteiger partial charge in [-0.1, -0.05) is 14.9 Å². The first-order valence-corrected chi connectivity index (χ1v) is 6.48. The zero-order chi connectivity index (χ0) is 18.0. The van der Waals surface area contributed by atoms with E-state index in [1.165, 1.54) is 0 Å². The van der Waals surface area contributed by atoms with Gasteiger partial charge in [-0.15, -0.1) is 0 Å². The molecule has 3 N–H and O–H groups in total. The molecule has 6 heteroatoms. The fourth-order valence-corrected chi connectivity index (χ4v) is 0.844. The molecule has 0 radical (unpaired) electrons. The number of hydrogen-bond acceptors (Lipinski definition) is 5. The van der Waals surface area contributed by atoms with Crippen LogP contribution in [0.15, 0.2) is 0 Å². The van der Waals surface area contributed by atoms with Gasteiger partial charge in [-0.2, -0.15) is 0 Å². The predicted molar refractivity (Wildman–Crippen MR) is 94.1 cm³/mol. The second kappa shape index (κ2) is 14.7. The molecule has 0 fully saturated rings. The van der Waals surface area contributed by atoms with Crippen LogP contribution in [0.1, 0.15) is 59.1 Å². The Hall–Kier alpha value is -1.27. The molecule has 0 saturated heterocycles. The fraction of sp³-hybridized carbons (Fsp3) is 0.812. The Morgan fingerprint density at radius 2 is 1.32 bits per heavy atom. The summed E-state index contributed by atoms with van der Waals surface area (Å²) in [4.78, 5) is 31.3. The second-order valence-corrected chi connectivity index (χ2v) is 6.27. The topological polar surface area (TPSA) is 87.3 Å². The smallest absolute Gasteiger partial charge is 0.234 e. The monoisotopic (exact) mass is 321 g/mol. The molecule has 0 aliphatic carbocycles. The molecule has 0 atom stereocenters. The molecule has 1 amide bonds. The van der Waals surface area contributed by atoms with Gasteiger partial charge in [0.25, 0.3) is 0 Å². The molecule has 6 nitrogen and oxygen atoms in total. The van der Waals surface area contributed by atoms with Crippen molar-refractivity contribution in [1.29, 1.82) is 0 Å². The van der Waals surface area contributed by atoms with Gasteiger partial charge in [0, 0.05) is 11.1 Å². The summed E-state index contributed by atoms with van der Waals surface area (Å²) in [5.74, 6) is -0.268. The molecule has 0 bridgehead atoms. The van der Waals surface area contributed by atoms with Gasteiger partial charge in [-0.05, 0) is 41.5 Å². The maximum absolute atomic E-state index is 11.0. The van der Waals surface area contributed by atoms with Gasteiger partial charge in [0.1, 0.15) is 15.3 Å². The minimum Gasteiger partial charge on any atom is -0.348 e. The van der Waals surface area contributed by atoms with Crippen LogP contribution < -0.4 is 16.0 Å². The van der Waals surface area contributed by atoms with Crippen LogP contribution in [-0.2, 0) is 14.4 Å². The van der Waals surface area contributed by atoms with Gasteiger partial charge in [-0.25, -0.2) is 0 Å². The Labute approximate surface area is 139 Å². The van der Waals surface area contributed by atoms with Gasteiger partial charge >= 0.3 is 0 Å². The molecule has 0 aliphatic rings. The summed E-state index contributed by atoms with van der Waals surface area (Å²) in [6, 6.07) is 0. The molecule has 134 valence electrons. The first-order valence-electron chi connectivity index (χ1n) is 7.48. The lowest BCUT2D eigenvalue weighted by atomic mass is 10.1. The van der Waals surface area contributed by atoms with E-state index in [-0.39, 0.29) is 51.5 Å². The van der Waals surface area contributed by atoms with Gasteiger partial charge in [0.05, 0.1) is 19.6 Å². The Bertz CT molecular complexity index is 376. The number of hydrogen-bond donors (Lipinski definition) is 3. The third-order valence-electron chi connectivity index (χ3n) is 1.83. The van der Waals surface area contributed by atoms with E-state index in [0.717, 1.165) is 0 Å². The van der Waals surface area contributed by atoms with Crippen molar-refractivity contribution in [3.05, 3.63) is 0 Å². The van der Waals surface area contributed by atoms with Crippen LogP contribution in [0.3, 0.4) is 0 Å². The third-order valence-corrected chi connectivity index (χ3v) is 1.83. The fourth-order valence-electron chi connectivity index (χ4n) is 0.844. The van der Waals surface area contributed by atoms with Gasteiger partial charge in [0.2, 0.25) is 5.91 Å². The molecule has 0 aliphatic heterocycles. The zero-order valence-electron chi connectivity index (χ0n) is 15.3.